The minimum atomic E-state index is -0.675. The van der Waals surface area contributed by atoms with E-state index >= 15 is 0 Å². The first kappa shape index (κ1) is 20.5. The lowest BCUT2D eigenvalue weighted by atomic mass is 9.81. The molecule has 1 unspecified atom stereocenters. The lowest BCUT2D eigenvalue weighted by molar-refractivity contribution is 0.0720. The normalized spacial score (nSPS) is 16.8. The second-order valence-electron chi connectivity index (χ2n) is 7.58. The Balaban J connectivity index is 1.85. The molecule has 1 heterocycles. The quantitative estimate of drug-likeness (QED) is 0.562. The van der Waals surface area contributed by atoms with Crippen LogP contribution in [-0.2, 0) is 11.2 Å². The Bertz CT molecular complexity index is 755. The molecule has 0 aromatic heterocycles. The summed E-state index contributed by atoms with van der Waals surface area (Å²) in [5.41, 5.74) is 5.78. The van der Waals surface area contributed by atoms with Crippen LogP contribution in [0.15, 0.2) is 54.6 Å². The topological polar surface area (TPSA) is 44.8 Å². The predicted octanol–water partition coefficient (Wildman–Crippen LogP) is 3.16. The third-order valence-electron chi connectivity index (χ3n) is 5.33. The molecule has 0 radical (unpaired) electrons. The number of carbonyl (C=O) groups excluding carboxylic acids is 1. The summed E-state index contributed by atoms with van der Waals surface area (Å²) in [5, 5.41) is 1.88. The van der Waals surface area contributed by atoms with Crippen molar-refractivity contribution < 1.29 is 9.53 Å². The number of ketones is 1. The van der Waals surface area contributed by atoms with E-state index in [1.807, 2.05) is 49.4 Å². The Hall–Kier alpha value is -2.21. The van der Waals surface area contributed by atoms with Crippen molar-refractivity contribution in [2.45, 2.75) is 25.3 Å². The lowest BCUT2D eigenvalue weighted by Gasteiger charge is -2.36. The van der Waals surface area contributed by atoms with Crippen molar-refractivity contribution in [1.29, 1.82) is 0 Å². The molecule has 28 heavy (non-hydrogen) atoms. The number of hydrogen-bond donors (Lipinski definition) is 1. The molecule has 0 bridgehead atoms. The van der Waals surface area contributed by atoms with Crippen molar-refractivity contribution in [3.05, 3.63) is 65.7 Å². The number of hydrogen-bond acceptors (Lipinski definition) is 5. The highest BCUT2D eigenvalue weighted by Gasteiger charge is 2.37. The van der Waals surface area contributed by atoms with Gasteiger partial charge in [-0.1, -0.05) is 37.3 Å². The minimum absolute atomic E-state index is 0.126. The van der Waals surface area contributed by atoms with E-state index in [2.05, 4.69) is 41.5 Å². The highest BCUT2D eigenvalue weighted by Crippen LogP contribution is 2.25. The molecule has 5 heteroatoms. The van der Waals surface area contributed by atoms with Gasteiger partial charge in [0.1, 0.15) is 0 Å². The molecule has 150 valence electrons. The molecule has 3 rings (SSSR count). The van der Waals surface area contributed by atoms with E-state index in [4.69, 9.17) is 4.74 Å². The van der Waals surface area contributed by atoms with Crippen LogP contribution in [0.1, 0.15) is 29.3 Å². The fourth-order valence-electron chi connectivity index (χ4n) is 3.83. The largest absolute Gasteiger partial charge is 0.378 e. The SMILES string of the molecule is CCC(Cc1ccccc1)(NN(C)C)C(=O)c1ccc(N2CCOCC2)cc1. The van der Waals surface area contributed by atoms with Gasteiger partial charge in [-0.15, -0.1) is 0 Å². The van der Waals surface area contributed by atoms with Gasteiger partial charge >= 0.3 is 0 Å². The van der Waals surface area contributed by atoms with Crippen LogP contribution in [0.2, 0.25) is 0 Å². The van der Waals surface area contributed by atoms with Gasteiger partial charge in [0.15, 0.2) is 5.78 Å². The van der Waals surface area contributed by atoms with E-state index in [-0.39, 0.29) is 5.78 Å². The first-order valence-electron chi connectivity index (χ1n) is 10.0. The molecular weight excluding hydrogens is 350 g/mol. The predicted molar refractivity (Wildman–Crippen MR) is 114 cm³/mol. The van der Waals surface area contributed by atoms with Crippen molar-refractivity contribution in [3.63, 3.8) is 0 Å². The van der Waals surface area contributed by atoms with Gasteiger partial charge in [-0.3, -0.25) is 4.79 Å². The molecule has 1 atom stereocenters. The number of carbonyl (C=O) groups is 1. The molecule has 2 aromatic carbocycles. The molecule has 1 fully saturated rings. The number of nitrogens with zero attached hydrogens (tertiary/aromatic N) is 2. The van der Waals surface area contributed by atoms with Gasteiger partial charge < -0.3 is 9.64 Å². The number of nitrogens with one attached hydrogen (secondary N) is 1. The third kappa shape index (κ3) is 4.79. The number of benzene rings is 2. The molecule has 1 aliphatic rings. The van der Waals surface area contributed by atoms with E-state index in [0.29, 0.717) is 12.8 Å². The van der Waals surface area contributed by atoms with E-state index in [1.165, 1.54) is 0 Å². The average Bonchev–Trinajstić information content (AvgIpc) is 2.74. The zero-order valence-corrected chi connectivity index (χ0v) is 17.1. The summed E-state index contributed by atoms with van der Waals surface area (Å²) in [6, 6.07) is 18.2. The van der Waals surface area contributed by atoms with Crippen LogP contribution in [0, 0.1) is 0 Å². The second kappa shape index (κ2) is 9.32. The lowest BCUT2D eigenvalue weighted by Crippen LogP contribution is -2.58. The van der Waals surface area contributed by atoms with Gasteiger partial charge in [-0.2, -0.15) is 0 Å². The summed E-state index contributed by atoms with van der Waals surface area (Å²) in [4.78, 5) is 15.9. The van der Waals surface area contributed by atoms with Crippen LogP contribution in [0.25, 0.3) is 0 Å². The minimum Gasteiger partial charge on any atom is -0.378 e. The van der Waals surface area contributed by atoms with Crippen LogP contribution < -0.4 is 10.3 Å². The van der Waals surface area contributed by atoms with Gasteiger partial charge in [0.05, 0.1) is 18.8 Å². The van der Waals surface area contributed by atoms with Crippen molar-refractivity contribution in [3.8, 4) is 0 Å². The van der Waals surface area contributed by atoms with Gasteiger partial charge in [0.2, 0.25) is 0 Å². The first-order chi connectivity index (χ1) is 13.5. The highest BCUT2D eigenvalue weighted by atomic mass is 16.5. The molecule has 5 nitrogen and oxygen atoms in total. The molecule has 1 aliphatic heterocycles. The zero-order valence-electron chi connectivity index (χ0n) is 17.1. The van der Waals surface area contributed by atoms with Crippen LogP contribution in [0.5, 0.6) is 0 Å². The average molecular weight is 382 g/mol. The van der Waals surface area contributed by atoms with E-state index < -0.39 is 5.54 Å². The Morgan fingerprint density at radius 3 is 2.29 bits per heavy atom. The number of rotatable bonds is 8. The monoisotopic (exact) mass is 381 g/mol. The Morgan fingerprint density at radius 1 is 1.07 bits per heavy atom. The van der Waals surface area contributed by atoms with Gasteiger partial charge in [-0.25, -0.2) is 10.4 Å². The third-order valence-corrected chi connectivity index (χ3v) is 5.33. The fourth-order valence-corrected chi connectivity index (χ4v) is 3.83. The van der Waals surface area contributed by atoms with E-state index in [0.717, 1.165) is 43.1 Å². The standard InChI is InChI=1S/C23H31N3O2/c1-4-23(24-25(2)3,18-19-8-6-5-7-9-19)22(27)20-10-12-21(13-11-20)26-14-16-28-17-15-26/h5-13,24H,4,14-18H2,1-3H3. The molecule has 1 saturated heterocycles. The Morgan fingerprint density at radius 2 is 1.71 bits per heavy atom. The summed E-state index contributed by atoms with van der Waals surface area (Å²) < 4.78 is 5.43. The van der Waals surface area contributed by atoms with Crippen LogP contribution in [0.3, 0.4) is 0 Å². The second-order valence-corrected chi connectivity index (χ2v) is 7.58. The Kier molecular flexibility index (Phi) is 6.83. The summed E-state index contributed by atoms with van der Waals surface area (Å²) in [6.45, 7) is 5.36. The maximum absolute atomic E-state index is 13.6. The summed E-state index contributed by atoms with van der Waals surface area (Å²) in [5.74, 6) is 0.126. The van der Waals surface area contributed by atoms with Crippen LogP contribution in [-0.4, -0.2) is 56.7 Å². The molecular formula is C23H31N3O2. The molecule has 1 N–H and O–H groups in total. The van der Waals surface area contributed by atoms with Gasteiger partial charge in [0.25, 0.3) is 0 Å². The number of ether oxygens (including phenoxy) is 1. The van der Waals surface area contributed by atoms with Crippen molar-refractivity contribution >= 4 is 11.5 Å². The first-order valence-corrected chi connectivity index (χ1v) is 10.0. The summed E-state index contributed by atoms with van der Waals surface area (Å²) in [6.07, 6.45) is 1.34. The van der Waals surface area contributed by atoms with Crippen molar-refractivity contribution in [2.24, 2.45) is 0 Å². The maximum atomic E-state index is 13.6. The molecule has 0 spiro atoms. The molecule has 0 amide bonds. The number of Topliss-reactive ketones (excluding diaryl/α,β-unsaturated/α-hetero) is 1. The number of anilines is 1. The van der Waals surface area contributed by atoms with Crippen LogP contribution >= 0.6 is 0 Å². The molecule has 2 aromatic rings. The van der Waals surface area contributed by atoms with Crippen molar-refractivity contribution in [2.75, 3.05) is 45.3 Å². The molecule has 0 aliphatic carbocycles. The van der Waals surface area contributed by atoms with Gasteiger partial charge in [-0.05, 0) is 42.7 Å². The maximum Gasteiger partial charge on any atom is 0.184 e. The number of hydrazine groups is 1. The van der Waals surface area contributed by atoms with Gasteiger partial charge in [0, 0.05) is 38.4 Å². The zero-order chi connectivity index (χ0) is 20.0. The summed E-state index contributed by atoms with van der Waals surface area (Å²) >= 11 is 0. The fraction of sp³-hybridized carbons (Fsp3) is 0.435. The highest BCUT2D eigenvalue weighted by molar-refractivity contribution is 6.03. The van der Waals surface area contributed by atoms with E-state index in [9.17, 15) is 4.79 Å². The van der Waals surface area contributed by atoms with E-state index in [1.54, 1.807) is 0 Å². The Labute approximate surface area is 168 Å². The summed E-state index contributed by atoms with van der Waals surface area (Å²) in [7, 11) is 3.87. The van der Waals surface area contributed by atoms with Crippen molar-refractivity contribution in [1.82, 2.24) is 10.4 Å². The smallest absolute Gasteiger partial charge is 0.184 e. The number of morpholine rings is 1. The molecule has 0 saturated carbocycles. The van der Waals surface area contributed by atoms with Crippen LogP contribution in [0.4, 0.5) is 5.69 Å².